The molecule has 0 N–H and O–H groups in total. The Balaban J connectivity index is 1.82. The molecule has 3 heterocycles. The molecule has 0 saturated carbocycles. The quantitative estimate of drug-likeness (QED) is 0.524. The zero-order valence-corrected chi connectivity index (χ0v) is 13.8. The Morgan fingerprint density at radius 2 is 1.38 bits per heavy atom. The summed E-state index contributed by atoms with van der Waals surface area (Å²) in [6, 6.07) is 22.5. The fourth-order valence-electron chi connectivity index (χ4n) is 2.61. The molecule has 0 aliphatic carbocycles. The zero-order chi connectivity index (χ0) is 17.8. The van der Waals surface area contributed by atoms with E-state index in [0.717, 1.165) is 23.2 Å². The number of aromatic nitrogens is 4. The summed E-state index contributed by atoms with van der Waals surface area (Å²) in [5.74, 6) is 0.496. The van der Waals surface area contributed by atoms with Gasteiger partial charge in [0.2, 0.25) is 0 Å². The summed E-state index contributed by atoms with van der Waals surface area (Å²) < 4.78 is 0. The summed E-state index contributed by atoms with van der Waals surface area (Å²) in [6.07, 6.45) is 2.45. The van der Waals surface area contributed by atoms with Crippen molar-refractivity contribution in [3.63, 3.8) is 0 Å². The summed E-state index contributed by atoms with van der Waals surface area (Å²) in [7, 11) is 0. The third-order valence-electron chi connectivity index (χ3n) is 3.84. The molecule has 1 aromatic carbocycles. The lowest BCUT2D eigenvalue weighted by atomic mass is 10.1. The molecular formula is C21H14N4O. The number of carbonyl (C=O) groups excluding carboxylic acids is 1. The molecule has 5 heteroatoms. The van der Waals surface area contributed by atoms with Gasteiger partial charge in [-0.15, -0.1) is 0 Å². The van der Waals surface area contributed by atoms with Gasteiger partial charge >= 0.3 is 0 Å². The van der Waals surface area contributed by atoms with E-state index in [2.05, 4.69) is 19.9 Å². The molecule has 0 aliphatic heterocycles. The topological polar surface area (TPSA) is 68.6 Å². The van der Waals surface area contributed by atoms with Crippen LogP contribution in [-0.4, -0.2) is 26.2 Å². The van der Waals surface area contributed by atoms with Crippen molar-refractivity contribution in [2.75, 3.05) is 0 Å². The van der Waals surface area contributed by atoms with Crippen LogP contribution < -0.4 is 0 Å². The first-order valence-electron chi connectivity index (χ1n) is 8.12. The van der Waals surface area contributed by atoms with Crippen LogP contribution in [0.5, 0.6) is 0 Å². The van der Waals surface area contributed by atoms with Crippen LogP contribution in [-0.2, 0) is 0 Å². The minimum atomic E-state index is 0.318. The smallest absolute Gasteiger partial charge is 0.168 e. The van der Waals surface area contributed by atoms with E-state index in [4.69, 9.17) is 0 Å². The second-order valence-electron chi connectivity index (χ2n) is 5.61. The number of rotatable bonds is 4. The molecule has 0 unspecified atom stereocenters. The van der Waals surface area contributed by atoms with Gasteiger partial charge < -0.3 is 0 Å². The summed E-state index contributed by atoms with van der Waals surface area (Å²) in [5.41, 5.74) is 3.95. The van der Waals surface area contributed by atoms with Gasteiger partial charge in [-0.1, -0.05) is 42.5 Å². The van der Waals surface area contributed by atoms with Crippen molar-refractivity contribution in [2.45, 2.75) is 0 Å². The van der Waals surface area contributed by atoms with Crippen LogP contribution in [0.4, 0.5) is 0 Å². The van der Waals surface area contributed by atoms with Gasteiger partial charge in [0.05, 0.1) is 22.8 Å². The van der Waals surface area contributed by atoms with Crippen LogP contribution in [0.2, 0.25) is 0 Å². The third kappa shape index (κ3) is 3.23. The van der Waals surface area contributed by atoms with Crippen LogP contribution in [0.1, 0.15) is 10.5 Å². The van der Waals surface area contributed by atoms with E-state index >= 15 is 0 Å². The highest BCUT2D eigenvalue weighted by atomic mass is 16.1. The average Bonchev–Trinajstić information content (AvgIpc) is 2.75. The van der Waals surface area contributed by atoms with Crippen molar-refractivity contribution in [3.05, 3.63) is 84.7 Å². The van der Waals surface area contributed by atoms with E-state index in [9.17, 15) is 4.79 Å². The fourth-order valence-corrected chi connectivity index (χ4v) is 2.61. The van der Waals surface area contributed by atoms with Crippen molar-refractivity contribution >= 4 is 6.29 Å². The summed E-state index contributed by atoms with van der Waals surface area (Å²) in [4.78, 5) is 29.2. The SMILES string of the molecule is O=Cc1cc(-c2cccc(-c3ccccn3)n2)nc(-c2ccccc2)n1. The highest BCUT2D eigenvalue weighted by Gasteiger charge is 2.10. The minimum absolute atomic E-state index is 0.318. The number of carbonyl (C=O) groups is 1. The second-order valence-corrected chi connectivity index (χ2v) is 5.61. The molecule has 4 aromatic rings. The second kappa shape index (κ2) is 7.03. The van der Waals surface area contributed by atoms with Crippen LogP contribution in [0.15, 0.2) is 79.0 Å². The average molecular weight is 338 g/mol. The van der Waals surface area contributed by atoms with E-state index in [0.29, 0.717) is 22.9 Å². The Bertz CT molecular complexity index is 1050. The standard InChI is InChI=1S/C21H14N4O/c26-14-16-13-20(25-21(23-16)15-7-2-1-3-8-15)19-11-6-10-18(24-19)17-9-4-5-12-22-17/h1-14H. The predicted molar refractivity (Wildman–Crippen MR) is 99.3 cm³/mol. The molecule has 0 fully saturated rings. The molecule has 5 nitrogen and oxygen atoms in total. The van der Waals surface area contributed by atoms with E-state index < -0.39 is 0 Å². The van der Waals surface area contributed by atoms with E-state index in [1.54, 1.807) is 12.3 Å². The summed E-state index contributed by atoms with van der Waals surface area (Å²) in [6.45, 7) is 0. The van der Waals surface area contributed by atoms with Crippen molar-refractivity contribution in [1.82, 2.24) is 19.9 Å². The molecule has 0 amide bonds. The van der Waals surface area contributed by atoms with Gasteiger partial charge in [0.1, 0.15) is 5.69 Å². The Morgan fingerprint density at radius 1 is 0.654 bits per heavy atom. The predicted octanol–water partition coefficient (Wildman–Crippen LogP) is 4.08. The van der Waals surface area contributed by atoms with Crippen molar-refractivity contribution in [3.8, 4) is 34.2 Å². The van der Waals surface area contributed by atoms with Crippen LogP contribution >= 0.6 is 0 Å². The maximum absolute atomic E-state index is 11.3. The molecule has 0 radical (unpaired) electrons. The van der Waals surface area contributed by atoms with Gasteiger partial charge in [-0.3, -0.25) is 9.78 Å². The Kier molecular flexibility index (Phi) is 4.26. The lowest BCUT2D eigenvalue weighted by Crippen LogP contribution is -1.99. The number of nitrogens with zero attached hydrogens (tertiary/aromatic N) is 4. The Morgan fingerprint density at radius 3 is 2.12 bits per heavy atom. The molecular weight excluding hydrogens is 324 g/mol. The number of hydrogen-bond acceptors (Lipinski definition) is 5. The molecule has 0 aliphatic rings. The molecule has 0 saturated heterocycles. The van der Waals surface area contributed by atoms with Gasteiger partial charge in [0.15, 0.2) is 12.1 Å². The molecule has 3 aromatic heterocycles. The molecule has 0 atom stereocenters. The third-order valence-corrected chi connectivity index (χ3v) is 3.84. The van der Waals surface area contributed by atoms with Crippen LogP contribution in [0.25, 0.3) is 34.2 Å². The van der Waals surface area contributed by atoms with Gasteiger partial charge in [0.25, 0.3) is 0 Å². The molecule has 4 rings (SSSR count). The molecule has 0 bridgehead atoms. The number of aldehydes is 1. The lowest BCUT2D eigenvalue weighted by molar-refractivity contribution is 0.111. The van der Waals surface area contributed by atoms with Crippen molar-refractivity contribution in [2.24, 2.45) is 0 Å². The largest absolute Gasteiger partial charge is 0.296 e. The van der Waals surface area contributed by atoms with Gasteiger partial charge in [-0.25, -0.2) is 15.0 Å². The molecule has 26 heavy (non-hydrogen) atoms. The maximum Gasteiger partial charge on any atom is 0.168 e. The molecule has 0 spiro atoms. The van der Waals surface area contributed by atoms with E-state index in [1.807, 2.05) is 66.7 Å². The number of benzene rings is 1. The lowest BCUT2D eigenvalue weighted by Gasteiger charge is -2.07. The van der Waals surface area contributed by atoms with Crippen molar-refractivity contribution in [1.29, 1.82) is 0 Å². The summed E-state index contributed by atoms with van der Waals surface area (Å²) in [5, 5.41) is 0. The summed E-state index contributed by atoms with van der Waals surface area (Å²) >= 11 is 0. The highest BCUT2D eigenvalue weighted by molar-refractivity contribution is 5.76. The van der Waals surface area contributed by atoms with Crippen molar-refractivity contribution < 1.29 is 4.79 Å². The highest BCUT2D eigenvalue weighted by Crippen LogP contribution is 2.23. The first kappa shape index (κ1) is 15.8. The van der Waals surface area contributed by atoms with Gasteiger partial charge in [-0.2, -0.15) is 0 Å². The first-order chi connectivity index (χ1) is 12.8. The number of hydrogen-bond donors (Lipinski definition) is 0. The maximum atomic E-state index is 11.3. The fraction of sp³-hybridized carbons (Fsp3) is 0. The Hall–Kier alpha value is -3.73. The van der Waals surface area contributed by atoms with Gasteiger partial charge in [0, 0.05) is 11.8 Å². The van der Waals surface area contributed by atoms with E-state index in [-0.39, 0.29) is 0 Å². The number of pyridine rings is 2. The van der Waals surface area contributed by atoms with Crippen LogP contribution in [0, 0.1) is 0 Å². The Labute approximate surface area is 150 Å². The van der Waals surface area contributed by atoms with Gasteiger partial charge in [-0.05, 0) is 30.3 Å². The first-order valence-corrected chi connectivity index (χ1v) is 8.12. The minimum Gasteiger partial charge on any atom is -0.296 e. The normalized spacial score (nSPS) is 10.5. The van der Waals surface area contributed by atoms with E-state index in [1.165, 1.54) is 0 Å². The zero-order valence-electron chi connectivity index (χ0n) is 13.8. The van der Waals surface area contributed by atoms with Crippen LogP contribution in [0.3, 0.4) is 0 Å². The monoisotopic (exact) mass is 338 g/mol. The molecule has 124 valence electrons.